The highest BCUT2D eigenvalue weighted by Gasteiger charge is 2.17. The van der Waals surface area contributed by atoms with Gasteiger partial charge >= 0.3 is 0 Å². The molecule has 5 heterocycles. The zero-order chi connectivity index (χ0) is 37.5. The number of rotatable bonds is 6. The van der Waals surface area contributed by atoms with Gasteiger partial charge in [0.1, 0.15) is 10.0 Å². The first-order valence-electron chi connectivity index (χ1n) is 18.3. The summed E-state index contributed by atoms with van der Waals surface area (Å²) in [5.41, 5.74) is 16.5. The minimum absolute atomic E-state index is 1.000. The Kier molecular flexibility index (Phi) is 7.52. The van der Waals surface area contributed by atoms with Crippen molar-refractivity contribution in [2.75, 3.05) is 4.90 Å². The van der Waals surface area contributed by atoms with E-state index in [0.717, 1.165) is 106 Å². The standard InChI is InChI=1S/C47H26N6S4/c1-3-27-4-2-18-48-45(27)36(5-1)32-7-6-31-20-35(17-12-30(31)19-32)53(33-13-8-28(9-14-33)46-51-39-23-41-37(49-25-54-41)21-43(39)56-46)34-15-10-29(11-16-34)47-52-40-24-42-38(50-26-55-42)22-44(40)57-47/h1-26H. The summed E-state index contributed by atoms with van der Waals surface area (Å²) < 4.78 is 4.62. The molecule has 0 bridgehead atoms. The molecule has 57 heavy (non-hydrogen) atoms. The molecule has 0 fully saturated rings. The molecule has 12 aromatic rings. The van der Waals surface area contributed by atoms with Crippen molar-refractivity contribution in [2.45, 2.75) is 0 Å². The lowest BCUT2D eigenvalue weighted by Gasteiger charge is -2.26. The molecule has 0 amide bonds. The van der Waals surface area contributed by atoms with Gasteiger partial charge in [-0.3, -0.25) is 4.98 Å². The smallest absolute Gasteiger partial charge is 0.124 e. The van der Waals surface area contributed by atoms with Gasteiger partial charge in [0, 0.05) is 45.3 Å². The van der Waals surface area contributed by atoms with Crippen LogP contribution in [0.4, 0.5) is 17.1 Å². The molecule has 0 saturated carbocycles. The average molecular weight is 803 g/mol. The van der Waals surface area contributed by atoms with Gasteiger partial charge in [-0.15, -0.1) is 45.3 Å². The van der Waals surface area contributed by atoms with Crippen LogP contribution >= 0.6 is 45.3 Å². The number of hydrogen-bond acceptors (Lipinski definition) is 10. The highest BCUT2D eigenvalue weighted by molar-refractivity contribution is 7.22. The van der Waals surface area contributed by atoms with E-state index in [1.165, 1.54) is 5.39 Å². The van der Waals surface area contributed by atoms with Gasteiger partial charge in [0.05, 0.1) is 57.4 Å². The van der Waals surface area contributed by atoms with Crippen molar-refractivity contribution in [3.05, 3.63) is 157 Å². The first-order chi connectivity index (χ1) is 28.2. The van der Waals surface area contributed by atoms with Crippen molar-refractivity contribution in [1.82, 2.24) is 24.9 Å². The van der Waals surface area contributed by atoms with Crippen LogP contribution in [0, 0.1) is 0 Å². The third-order valence-electron chi connectivity index (χ3n) is 10.5. The number of thiazole rings is 4. The molecule has 0 aliphatic rings. The SMILES string of the molecule is c1cnc2c(-c3ccc4cc(N(c5ccc(-c6nc7cc8scnc8cc7s6)cc5)c5ccc(-c6nc7cc8scnc8cc7s6)cc5)ccc4c3)cccc2c1. The Morgan fingerprint density at radius 3 is 1.60 bits per heavy atom. The Hall–Kier alpha value is -6.43. The summed E-state index contributed by atoms with van der Waals surface area (Å²) in [5.74, 6) is 0. The number of anilines is 3. The van der Waals surface area contributed by atoms with Crippen LogP contribution < -0.4 is 4.90 Å². The van der Waals surface area contributed by atoms with E-state index in [4.69, 9.17) is 15.0 Å². The summed E-state index contributed by atoms with van der Waals surface area (Å²) in [5, 5.41) is 5.47. The molecule has 7 aromatic carbocycles. The number of benzene rings is 7. The number of hydrogen-bond donors (Lipinski definition) is 0. The fraction of sp³-hybridized carbons (Fsp3) is 0. The fourth-order valence-electron chi connectivity index (χ4n) is 7.64. The van der Waals surface area contributed by atoms with Gasteiger partial charge in [-0.05, 0) is 113 Å². The van der Waals surface area contributed by atoms with Crippen LogP contribution in [0.3, 0.4) is 0 Å². The van der Waals surface area contributed by atoms with Gasteiger partial charge in [0.15, 0.2) is 0 Å². The number of nitrogens with zero attached hydrogens (tertiary/aromatic N) is 6. The van der Waals surface area contributed by atoms with Crippen molar-refractivity contribution in [1.29, 1.82) is 0 Å². The van der Waals surface area contributed by atoms with Gasteiger partial charge in [0.2, 0.25) is 0 Å². The molecule has 0 unspecified atom stereocenters. The molecule has 0 atom stereocenters. The fourth-order valence-corrected chi connectivity index (χ4v) is 11.0. The lowest BCUT2D eigenvalue weighted by Crippen LogP contribution is -2.09. The summed E-state index contributed by atoms with van der Waals surface area (Å²) >= 11 is 6.71. The van der Waals surface area contributed by atoms with Crippen LogP contribution in [-0.4, -0.2) is 24.9 Å². The van der Waals surface area contributed by atoms with E-state index < -0.39 is 0 Å². The highest BCUT2D eigenvalue weighted by Crippen LogP contribution is 2.41. The third-order valence-corrected chi connectivity index (χ3v) is 14.2. The summed E-state index contributed by atoms with van der Waals surface area (Å²) in [4.78, 5) is 26.1. The minimum Gasteiger partial charge on any atom is -0.310 e. The van der Waals surface area contributed by atoms with E-state index in [9.17, 15) is 0 Å². The van der Waals surface area contributed by atoms with E-state index in [-0.39, 0.29) is 0 Å². The number of para-hydroxylation sites is 1. The third kappa shape index (κ3) is 5.68. The lowest BCUT2D eigenvalue weighted by molar-refractivity contribution is 1.29. The van der Waals surface area contributed by atoms with Gasteiger partial charge < -0.3 is 4.90 Å². The van der Waals surface area contributed by atoms with Gasteiger partial charge in [-0.1, -0.05) is 42.5 Å². The average Bonchev–Trinajstić information content (AvgIpc) is 4.08. The maximum atomic E-state index is 5.02. The van der Waals surface area contributed by atoms with E-state index >= 15 is 0 Å². The van der Waals surface area contributed by atoms with Gasteiger partial charge in [-0.25, -0.2) is 19.9 Å². The summed E-state index contributed by atoms with van der Waals surface area (Å²) in [6.45, 7) is 0. The van der Waals surface area contributed by atoms with Gasteiger partial charge in [0.25, 0.3) is 0 Å². The molecule has 268 valence electrons. The molecule has 0 spiro atoms. The molecule has 6 nitrogen and oxygen atoms in total. The van der Waals surface area contributed by atoms with Crippen LogP contribution in [0.1, 0.15) is 0 Å². The van der Waals surface area contributed by atoms with Gasteiger partial charge in [-0.2, -0.15) is 0 Å². The number of fused-ring (bicyclic) bond motifs is 6. The summed E-state index contributed by atoms with van der Waals surface area (Å²) in [6, 6.07) is 50.0. The summed E-state index contributed by atoms with van der Waals surface area (Å²) in [6.07, 6.45) is 1.87. The second kappa shape index (κ2) is 13.1. The van der Waals surface area contributed by atoms with Crippen LogP contribution in [0.15, 0.2) is 157 Å². The maximum absolute atomic E-state index is 5.02. The van der Waals surface area contributed by atoms with Crippen LogP contribution in [0.2, 0.25) is 0 Å². The molecule has 0 N–H and O–H groups in total. The molecule has 10 heteroatoms. The number of aromatic nitrogens is 5. The van der Waals surface area contributed by atoms with Crippen LogP contribution in [0.25, 0.3) is 94.8 Å². The first kappa shape index (κ1) is 32.8. The predicted octanol–water partition coefficient (Wildman–Crippen LogP) is 14.3. The Labute approximate surface area is 341 Å². The maximum Gasteiger partial charge on any atom is 0.124 e. The molecular formula is C47H26N6S4. The Morgan fingerprint density at radius 2 is 0.947 bits per heavy atom. The Balaban J connectivity index is 0.933. The van der Waals surface area contributed by atoms with Crippen LogP contribution in [0.5, 0.6) is 0 Å². The van der Waals surface area contributed by atoms with Crippen molar-refractivity contribution in [3.8, 4) is 32.3 Å². The predicted molar refractivity (Wildman–Crippen MR) is 243 cm³/mol. The second-order valence-corrected chi connectivity index (χ2v) is 17.7. The van der Waals surface area contributed by atoms with Crippen LogP contribution in [-0.2, 0) is 0 Å². The molecule has 0 aliphatic heterocycles. The van der Waals surface area contributed by atoms with E-state index in [1.54, 1.807) is 45.3 Å². The highest BCUT2D eigenvalue weighted by atomic mass is 32.1. The normalized spacial score (nSPS) is 11.9. The monoisotopic (exact) mass is 802 g/mol. The van der Waals surface area contributed by atoms with E-state index in [1.807, 2.05) is 23.3 Å². The zero-order valence-electron chi connectivity index (χ0n) is 29.8. The van der Waals surface area contributed by atoms with E-state index in [0.29, 0.717) is 0 Å². The molecule has 0 aliphatic carbocycles. The minimum atomic E-state index is 1.000. The quantitative estimate of drug-likeness (QED) is 0.167. The van der Waals surface area contributed by atoms with Crippen molar-refractivity contribution in [3.63, 3.8) is 0 Å². The Bertz CT molecular complexity index is 3240. The molecule has 12 rings (SSSR count). The zero-order valence-corrected chi connectivity index (χ0v) is 33.1. The molecule has 0 radical (unpaired) electrons. The van der Waals surface area contributed by atoms with Crippen molar-refractivity contribution in [2.24, 2.45) is 0 Å². The lowest BCUT2D eigenvalue weighted by atomic mass is 9.98. The number of pyridine rings is 1. The second-order valence-electron chi connectivity index (χ2n) is 13.9. The van der Waals surface area contributed by atoms with Crippen molar-refractivity contribution >= 4 is 125 Å². The molecule has 0 saturated heterocycles. The summed E-state index contributed by atoms with van der Waals surface area (Å²) in [7, 11) is 0. The van der Waals surface area contributed by atoms with E-state index in [2.05, 4.69) is 148 Å². The first-order valence-corrected chi connectivity index (χ1v) is 21.7. The largest absolute Gasteiger partial charge is 0.310 e. The van der Waals surface area contributed by atoms with Crippen molar-refractivity contribution < 1.29 is 0 Å². The molecule has 5 aromatic heterocycles. The molecular weight excluding hydrogens is 777 g/mol. The topological polar surface area (TPSA) is 67.7 Å². The Morgan fingerprint density at radius 1 is 0.404 bits per heavy atom.